The minimum absolute atomic E-state index is 0.0640. The minimum Gasteiger partial charge on any atom is -0.323 e. The number of carbonyl (C=O) groups excluding carboxylic acids is 2. The van der Waals surface area contributed by atoms with E-state index in [1.807, 2.05) is 30.3 Å². The van der Waals surface area contributed by atoms with Gasteiger partial charge in [0.15, 0.2) is 11.9 Å². The fourth-order valence-electron chi connectivity index (χ4n) is 2.83. The number of hydrogen-bond donors (Lipinski definition) is 2. The maximum atomic E-state index is 12.4. The molecule has 4 rings (SSSR count). The zero-order valence-corrected chi connectivity index (χ0v) is 14.8. The summed E-state index contributed by atoms with van der Waals surface area (Å²) in [6, 6.07) is 19.5. The van der Waals surface area contributed by atoms with Gasteiger partial charge < -0.3 is 5.32 Å². The molecule has 138 valence electrons. The zero-order valence-electron chi connectivity index (χ0n) is 14.8. The van der Waals surface area contributed by atoms with Crippen molar-refractivity contribution in [3.8, 4) is 0 Å². The van der Waals surface area contributed by atoms with Crippen molar-refractivity contribution in [2.45, 2.75) is 6.10 Å². The van der Waals surface area contributed by atoms with Crippen LogP contribution < -0.4 is 10.8 Å². The van der Waals surface area contributed by atoms with Crippen LogP contribution in [0.4, 0.5) is 5.69 Å². The van der Waals surface area contributed by atoms with E-state index in [4.69, 9.17) is 4.84 Å². The van der Waals surface area contributed by atoms with Gasteiger partial charge in [-0.1, -0.05) is 30.3 Å². The first kappa shape index (κ1) is 17.6. The minimum atomic E-state index is -0.763. The Hall–Kier alpha value is -3.77. The monoisotopic (exact) mass is 371 g/mol. The predicted octanol–water partition coefficient (Wildman–Crippen LogP) is 3.20. The van der Waals surface area contributed by atoms with Gasteiger partial charge in [-0.25, -0.2) is 0 Å². The second kappa shape index (κ2) is 7.85. The van der Waals surface area contributed by atoms with E-state index in [-0.39, 0.29) is 11.7 Å². The van der Waals surface area contributed by atoms with Gasteiger partial charge in [0, 0.05) is 34.8 Å². The Morgan fingerprint density at radius 1 is 0.929 bits per heavy atom. The average Bonchev–Trinajstić information content (AvgIpc) is 3.26. The van der Waals surface area contributed by atoms with Crippen LogP contribution in [0.3, 0.4) is 0 Å². The Kier molecular flexibility index (Phi) is 4.95. The molecule has 1 unspecified atom stereocenters. The van der Waals surface area contributed by atoms with Gasteiger partial charge in [-0.05, 0) is 42.5 Å². The summed E-state index contributed by atoms with van der Waals surface area (Å²) in [4.78, 5) is 34.2. The number of nitrogens with zero attached hydrogens (tertiary/aromatic N) is 1. The van der Waals surface area contributed by atoms with E-state index in [1.165, 1.54) is 0 Å². The van der Waals surface area contributed by atoms with E-state index in [0.29, 0.717) is 22.5 Å². The van der Waals surface area contributed by atoms with Crippen LogP contribution >= 0.6 is 0 Å². The predicted molar refractivity (Wildman–Crippen MR) is 105 cm³/mol. The Morgan fingerprint density at radius 2 is 1.68 bits per heavy atom. The van der Waals surface area contributed by atoms with Crippen molar-refractivity contribution in [3.63, 3.8) is 0 Å². The Bertz CT molecular complexity index is 1020. The van der Waals surface area contributed by atoms with Crippen LogP contribution in [0.1, 0.15) is 21.5 Å². The lowest BCUT2D eigenvalue weighted by Gasteiger charge is -2.09. The first-order valence-corrected chi connectivity index (χ1v) is 8.75. The molecule has 1 amide bonds. The summed E-state index contributed by atoms with van der Waals surface area (Å²) in [5.74, 6) is -0.376. The third-order valence-corrected chi connectivity index (χ3v) is 4.30. The third-order valence-electron chi connectivity index (χ3n) is 4.30. The van der Waals surface area contributed by atoms with E-state index >= 15 is 0 Å². The smallest absolute Gasteiger partial charge is 0.260 e. The van der Waals surface area contributed by atoms with Gasteiger partial charge >= 0.3 is 0 Å². The van der Waals surface area contributed by atoms with E-state index in [2.05, 4.69) is 15.8 Å². The SMILES string of the molecule is O=C(c1ccccc1)c1ccc(NC(=O)C2C=C(c3cccnc3)NO2)cc1. The molecular weight excluding hydrogens is 354 g/mol. The molecule has 1 atom stereocenters. The van der Waals surface area contributed by atoms with Crippen LogP contribution in [-0.2, 0) is 9.63 Å². The molecule has 3 aromatic rings. The van der Waals surface area contributed by atoms with Gasteiger partial charge in [0.25, 0.3) is 5.91 Å². The molecule has 0 spiro atoms. The Labute approximate surface area is 161 Å². The highest BCUT2D eigenvalue weighted by atomic mass is 16.7. The molecule has 6 nitrogen and oxygen atoms in total. The fourth-order valence-corrected chi connectivity index (χ4v) is 2.83. The molecule has 6 heteroatoms. The number of nitrogens with one attached hydrogen (secondary N) is 2. The molecule has 1 aromatic heterocycles. The topological polar surface area (TPSA) is 80.3 Å². The largest absolute Gasteiger partial charge is 0.323 e. The van der Waals surface area contributed by atoms with Crippen molar-refractivity contribution in [2.75, 3.05) is 5.32 Å². The molecular formula is C22H17N3O3. The molecule has 1 aliphatic heterocycles. The number of hydrogen-bond acceptors (Lipinski definition) is 5. The molecule has 2 heterocycles. The normalized spacial score (nSPS) is 15.4. The van der Waals surface area contributed by atoms with E-state index < -0.39 is 6.10 Å². The average molecular weight is 371 g/mol. The highest BCUT2D eigenvalue weighted by molar-refractivity contribution is 6.09. The number of aromatic nitrogens is 1. The second-order valence-corrected chi connectivity index (χ2v) is 6.22. The van der Waals surface area contributed by atoms with E-state index in [0.717, 1.165) is 5.56 Å². The number of pyridine rings is 1. The lowest BCUT2D eigenvalue weighted by atomic mass is 10.0. The van der Waals surface area contributed by atoms with Gasteiger partial charge in [-0.3, -0.25) is 24.9 Å². The van der Waals surface area contributed by atoms with Crippen molar-refractivity contribution < 1.29 is 14.4 Å². The van der Waals surface area contributed by atoms with Gasteiger partial charge in [0.05, 0.1) is 5.70 Å². The van der Waals surface area contributed by atoms with Crippen LogP contribution in [0.2, 0.25) is 0 Å². The molecule has 2 aromatic carbocycles. The van der Waals surface area contributed by atoms with Crippen LogP contribution in [0.5, 0.6) is 0 Å². The molecule has 1 aliphatic rings. The number of benzene rings is 2. The number of carbonyl (C=O) groups is 2. The van der Waals surface area contributed by atoms with E-state index in [9.17, 15) is 9.59 Å². The summed E-state index contributed by atoms with van der Waals surface area (Å²) in [5, 5.41) is 2.79. The van der Waals surface area contributed by atoms with Gasteiger partial charge in [-0.2, -0.15) is 0 Å². The van der Waals surface area contributed by atoms with Crippen molar-refractivity contribution in [1.82, 2.24) is 10.5 Å². The lowest BCUT2D eigenvalue weighted by Crippen LogP contribution is -2.28. The van der Waals surface area contributed by atoms with Crippen LogP contribution in [-0.4, -0.2) is 22.8 Å². The quantitative estimate of drug-likeness (QED) is 0.673. The first-order chi connectivity index (χ1) is 13.7. The molecule has 2 N–H and O–H groups in total. The number of amides is 1. The molecule has 0 fully saturated rings. The maximum absolute atomic E-state index is 12.4. The maximum Gasteiger partial charge on any atom is 0.260 e. The van der Waals surface area contributed by atoms with Gasteiger partial charge in [0.2, 0.25) is 0 Å². The molecule has 28 heavy (non-hydrogen) atoms. The highest BCUT2D eigenvalue weighted by Gasteiger charge is 2.24. The first-order valence-electron chi connectivity index (χ1n) is 8.75. The fraction of sp³-hybridized carbons (Fsp3) is 0.0455. The number of hydroxylamine groups is 1. The summed E-state index contributed by atoms with van der Waals surface area (Å²) in [5.41, 5.74) is 6.04. The van der Waals surface area contributed by atoms with Crippen LogP contribution in [0.15, 0.2) is 85.2 Å². The highest BCUT2D eigenvalue weighted by Crippen LogP contribution is 2.19. The van der Waals surface area contributed by atoms with Crippen molar-refractivity contribution in [1.29, 1.82) is 0 Å². The summed E-state index contributed by atoms with van der Waals surface area (Å²) in [6.45, 7) is 0. The number of anilines is 1. The molecule has 0 saturated carbocycles. The summed E-state index contributed by atoms with van der Waals surface area (Å²) in [7, 11) is 0. The number of rotatable bonds is 5. The Balaban J connectivity index is 1.41. The summed E-state index contributed by atoms with van der Waals surface area (Å²) >= 11 is 0. The Morgan fingerprint density at radius 3 is 2.39 bits per heavy atom. The summed E-state index contributed by atoms with van der Waals surface area (Å²) < 4.78 is 0. The van der Waals surface area contributed by atoms with Crippen LogP contribution in [0.25, 0.3) is 5.70 Å². The van der Waals surface area contributed by atoms with Crippen molar-refractivity contribution in [2.24, 2.45) is 0 Å². The van der Waals surface area contributed by atoms with Gasteiger partial charge in [-0.15, -0.1) is 0 Å². The van der Waals surface area contributed by atoms with Crippen LogP contribution in [0, 0.1) is 0 Å². The van der Waals surface area contributed by atoms with E-state index in [1.54, 1.807) is 54.9 Å². The standard InChI is InChI=1S/C22H17N3O3/c26-21(15-5-2-1-3-6-15)16-8-10-18(11-9-16)24-22(27)20-13-19(25-28-20)17-7-4-12-23-14-17/h1-14,20,25H,(H,24,27). The zero-order chi connectivity index (χ0) is 19.3. The number of ketones is 1. The third kappa shape index (κ3) is 3.82. The molecule has 0 bridgehead atoms. The second-order valence-electron chi connectivity index (χ2n) is 6.22. The summed E-state index contributed by atoms with van der Waals surface area (Å²) in [6.07, 6.45) is 4.29. The van der Waals surface area contributed by atoms with Crippen molar-refractivity contribution in [3.05, 3.63) is 102 Å². The van der Waals surface area contributed by atoms with Gasteiger partial charge in [0.1, 0.15) is 0 Å². The molecule has 0 radical (unpaired) electrons. The molecule has 0 aliphatic carbocycles. The van der Waals surface area contributed by atoms with Crippen molar-refractivity contribution >= 4 is 23.1 Å². The molecule has 0 saturated heterocycles. The lowest BCUT2D eigenvalue weighted by molar-refractivity contribution is -0.125.